The molecule has 162 valence electrons. The first-order valence-corrected chi connectivity index (χ1v) is 10.3. The molecule has 2 amide bonds. The molecule has 0 radical (unpaired) electrons. The van der Waals surface area contributed by atoms with Crippen LogP contribution in [-0.4, -0.2) is 61.4 Å². The van der Waals surface area contributed by atoms with E-state index in [1.54, 1.807) is 12.1 Å². The van der Waals surface area contributed by atoms with Gasteiger partial charge in [-0.05, 0) is 18.6 Å². The first-order valence-electron chi connectivity index (χ1n) is 9.29. The number of aliphatic hydroxyl groups excluding tert-OH is 1. The molecule has 1 fully saturated rings. The van der Waals surface area contributed by atoms with Crippen molar-refractivity contribution in [1.29, 1.82) is 0 Å². The summed E-state index contributed by atoms with van der Waals surface area (Å²) in [6.45, 7) is 0.951. The van der Waals surface area contributed by atoms with Gasteiger partial charge in [0.05, 0.1) is 16.7 Å². The lowest BCUT2D eigenvalue weighted by molar-refractivity contribution is -0.475. The van der Waals surface area contributed by atoms with Crippen LogP contribution in [0, 0.1) is 17.0 Å². The number of thioether (sulfide) groups is 1. The summed E-state index contributed by atoms with van der Waals surface area (Å²) in [6, 6.07) is 5.24. The Morgan fingerprint density at radius 1 is 1.35 bits per heavy atom. The van der Waals surface area contributed by atoms with Crippen LogP contribution in [0.3, 0.4) is 0 Å². The normalized spacial score (nSPS) is 20.5. The van der Waals surface area contributed by atoms with Gasteiger partial charge in [0.25, 0.3) is 17.1 Å². The summed E-state index contributed by atoms with van der Waals surface area (Å²) in [7, 11) is 0. The molecule has 2 aliphatic heterocycles. The molecule has 1 aromatic heterocycles. The molecule has 0 aliphatic carbocycles. The first kappa shape index (κ1) is 20.9. The van der Waals surface area contributed by atoms with Crippen molar-refractivity contribution in [3.05, 3.63) is 57.0 Å². The monoisotopic (exact) mass is 446 g/mol. The van der Waals surface area contributed by atoms with Crippen molar-refractivity contribution < 1.29 is 29.0 Å². The van der Waals surface area contributed by atoms with Crippen LogP contribution < -0.4 is 9.74 Å². The molecule has 0 unspecified atom stereocenters. The quantitative estimate of drug-likeness (QED) is 0.409. The number of β-lactam (4-membered cyclic amide) rings is 1. The number of nitrogens with zero attached hydrogens (tertiary/aromatic N) is 3. The lowest BCUT2D eigenvalue weighted by Crippen LogP contribution is -2.70. The van der Waals surface area contributed by atoms with E-state index in [4.69, 9.17) is 0 Å². The maximum atomic E-state index is 12.7. The van der Waals surface area contributed by atoms with E-state index in [2.05, 4.69) is 5.32 Å². The second-order valence-corrected chi connectivity index (χ2v) is 8.26. The fourth-order valence-electron chi connectivity index (χ4n) is 3.78. The second kappa shape index (κ2) is 7.71. The van der Waals surface area contributed by atoms with Gasteiger partial charge in [-0.3, -0.25) is 14.5 Å². The molecular weight excluding hydrogens is 428 g/mol. The highest BCUT2D eigenvalue weighted by Crippen LogP contribution is 2.40. The molecule has 0 saturated carbocycles. The molecule has 1 aromatic carbocycles. The Bertz CT molecular complexity index is 1220. The van der Waals surface area contributed by atoms with E-state index in [-0.39, 0.29) is 39.4 Å². The molecular formula is C19H18N4O7S. The number of hydrogen-bond donors (Lipinski definition) is 3. The first-order chi connectivity index (χ1) is 14.8. The van der Waals surface area contributed by atoms with Gasteiger partial charge >= 0.3 is 5.97 Å². The van der Waals surface area contributed by atoms with E-state index in [0.717, 1.165) is 4.90 Å². The minimum absolute atomic E-state index is 0.0418. The van der Waals surface area contributed by atoms with Crippen LogP contribution in [0.15, 0.2) is 35.5 Å². The van der Waals surface area contributed by atoms with Crippen LogP contribution in [0.2, 0.25) is 0 Å². The van der Waals surface area contributed by atoms with Crippen molar-refractivity contribution in [3.8, 4) is 0 Å². The second-order valence-electron chi connectivity index (χ2n) is 7.16. The standard InChI is InChI=1S/C19H18N4O7S/c1-9-13(23(30)12-5-3-2-4-11(12)22(9)29)6-14(25)20-15-17(26)21-16(19(27)28)10(7-24)8-31-18(15)21/h2-5,15,18,24H,6-8H2,1H3,(H,20,25)(H,27,28)/t15-,18-/m1/s1. The SMILES string of the molecule is Cc1c(CC(=O)N[C@@H]2C(=O)N3C(C(=O)O)=C(CO)CS[C@H]23)[n+](=O)c2ccccc2n1[O-]. The average molecular weight is 446 g/mol. The molecule has 2 aromatic rings. The Kier molecular flexibility index (Phi) is 5.19. The van der Waals surface area contributed by atoms with Gasteiger partial charge < -0.3 is 25.5 Å². The number of fused-ring (bicyclic) bond motifs is 2. The minimum atomic E-state index is -1.33. The topological polar surface area (TPSA) is 158 Å². The van der Waals surface area contributed by atoms with Gasteiger partial charge in [0.15, 0.2) is 0 Å². The number of aliphatic carboxylic acids is 1. The number of nitrogens with one attached hydrogen (secondary N) is 1. The van der Waals surface area contributed by atoms with Crippen LogP contribution in [0.25, 0.3) is 11.0 Å². The molecule has 0 bridgehead atoms. The molecule has 0 spiro atoms. The lowest BCUT2D eigenvalue weighted by atomic mass is 10.0. The number of carboxylic acid groups (broad SMARTS) is 1. The zero-order valence-corrected chi connectivity index (χ0v) is 17.1. The summed E-state index contributed by atoms with van der Waals surface area (Å²) >= 11 is 1.23. The summed E-state index contributed by atoms with van der Waals surface area (Å²) in [4.78, 5) is 50.4. The summed E-state index contributed by atoms with van der Waals surface area (Å²) in [5, 5.41) is 33.1. The molecule has 1 saturated heterocycles. The Morgan fingerprint density at radius 3 is 2.74 bits per heavy atom. The third-order valence-electron chi connectivity index (χ3n) is 5.37. The minimum Gasteiger partial charge on any atom is -0.805 e. The number of benzene rings is 1. The van der Waals surface area contributed by atoms with Crippen molar-refractivity contribution in [2.75, 3.05) is 12.4 Å². The number of carboxylic acids is 1. The van der Waals surface area contributed by atoms with E-state index in [1.807, 2.05) is 0 Å². The number of hydrogen-bond acceptors (Lipinski definition) is 7. The predicted octanol–water partition coefficient (Wildman–Crippen LogP) is -0.516. The predicted molar refractivity (Wildman–Crippen MR) is 109 cm³/mol. The molecule has 12 heteroatoms. The van der Waals surface area contributed by atoms with Crippen LogP contribution >= 0.6 is 11.8 Å². The Balaban J connectivity index is 1.55. The number of amides is 2. The molecule has 3 heterocycles. The van der Waals surface area contributed by atoms with E-state index >= 15 is 0 Å². The highest BCUT2D eigenvalue weighted by atomic mass is 32.2. The van der Waals surface area contributed by atoms with E-state index < -0.39 is 42.2 Å². The van der Waals surface area contributed by atoms with Gasteiger partial charge in [-0.25, -0.2) is 4.79 Å². The fourth-order valence-corrected chi connectivity index (χ4v) is 5.11. The van der Waals surface area contributed by atoms with Crippen molar-refractivity contribution in [1.82, 2.24) is 14.9 Å². The zero-order chi connectivity index (χ0) is 22.4. The fraction of sp³-hybridized carbons (Fsp3) is 0.316. The number of carbonyl (C=O) groups excluding carboxylic acids is 2. The smallest absolute Gasteiger partial charge is 0.352 e. The third kappa shape index (κ3) is 3.24. The van der Waals surface area contributed by atoms with Crippen LogP contribution in [0.1, 0.15) is 11.4 Å². The molecule has 3 N–H and O–H groups in total. The van der Waals surface area contributed by atoms with E-state index in [1.165, 1.54) is 30.8 Å². The average Bonchev–Trinajstić information content (AvgIpc) is 2.77. The summed E-state index contributed by atoms with van der Waals surface area (Å²) in [6.07, 6.45) is -0.424. The Labute approximate surface area is 179 Å². The van der Waals surface area contributed by atoms with Gasteiger partial charge in [-0.1, -0.05) is 12.1 Å². The number of para-hydroxylation sites is 2. The van der Waals surface area contributed by atoms with Crippen molar-refractivity contribution >= 4 is 40.6 Å². The lowest BCUT2D eigenvalue weighted by Gasteiger charge is -2.49. The molecule has 2 aliphatic rings. The number of rotatable bonds is 5. The summed E-state index contributed by atoms with van der Waals surface area (Å²) in [5.41, 5.74) is 0.284. The van der Waals surface area contributed by atoms with E-state index in [0.29, 0.717) is 9.16 Å². The Hall–Kier alpha value is -3.38. The number of aliphatic hydroxyl groups is 1. The van der Waals surface area contributed by atoms with Crippen molar-refractivity contribution in [3.63, 3.8) is 0 Å². The molecule has 2 atom stereocenters. The van der Waals surface area contributed by atoms with Crippen LogP contribution in [-0.2, 0) is 20.8 Å². The highest BCUT2D eigenvalue weighted by Gasteiger charge is 2.54. The van der Waals surface area contributed by atoms with Gasteiger partial charge in [0, 0.05) is 16.7 Å². The molecule has 11 nitrogen and oxygen atoms in total. The number of carbonyl (C=O) groups is 3. The van der Waals surface area contributed by atoms with Gasteiger partial charge in [-0.15, -0.1) is 11.8 Å². The summed E-state index contributed by atoms with van der Waals surface area (Å²) in [5.74, 6) is -2.38. The maximum Gasteiger partial charge on any atom is 0.352 e. The van der Waals surface area contributed by atoms with Gasteiger partial charge in [0.2, 0.25) is 5.91 Å². The van der Waals surface area contributed by atoms with Crippen molar-refractivity contribution in [2.45, 2.75) is 24.8 Å². The number of aromatic nitrogens is 2. The Morgan fingerprint density at radius 2 is 2.06 bits per heavy atom. The highest BCUT2D eigenvalue weighted by molar-refractivity contribution is 8.00. The van der Waals surface area contributed by atoms with Crippen LogP contribution in [0.5, 0.6) is 0 Å². The van der Waals surface area contributed by atoms with Gasteiger partial charge in [0.1, 0.15) is 29.1 Å². The largest absolute Gasteiger partial charge is 0.805 e. The molecule has 4 rings (SSSR count). The summed E-state index contributed by atoms with van der Waals surface area (Å²) < 4.78 is 1.11. The van der Waals surface area contributed by atoms with Gasteiger partial charge in [-0.2, -0.15) is 0 Å². The van der Waals surface area contributed by atoms with Crippen LogP contribution in [0.4, 0.5) is 0 Å². The molecule has 31 heavy (non-hydrogen) atoms. The van der Waals surface area contributed by atoms with E-state index in [9.17, 15) is 34.7 Å². The zero-order valence-electron chi connectivity index (χ0n) is 16.3. The maximum absolute atomic E-state index is 12.7. The van der Waals surface area contributed by atoms with Crippen molar-refractivity contribution in [2.24, 2.45) is 0 Å². The third-order valence-corrected chi connectivity index (χ3v) is 6.71.